The van der Waals surface area contributed by atoms with E-state index in [1.54, 1.807) is 18.0 Å². The topological polar surface area (TPSA) is 79.3 Å². The molecule has 232 valence electrons. The first-order chi connectivity index (χ1) is 21.6. The van der Waals surface area contributed by atoms with E-state index in [9.17, 15) is 14.7 Å². The van der Waals surface area contributed by atoms with Gasteiger partial charge in [0.05, 0.1) is 17.5 Å². The van der Waals surface area contributed by atoms with Gasteiger partial charge in [0.15, 0.2) is 11.5 Å². The molecule has 1 saturated heterocycles. The zero-order valence-electron chi connectivity index (χ0n) is 26.4. The molecule has 3 aromatic rings. The Morgan fingerprint density at radius 3 is 2.64 bits per heavy atom. The Labute approximate surface area is 265 Å². The molecule has 2 aliphatic carbocycles. The van der Waals surface area contributed by atoms with Gasteiger partial charge in [-0.25, -0.2) is 0 Å². The van der Waals surface area contributed by atoms with Gasteiger partial charge in [-0.3, -0.25) is 14.5 Å². The van der Waals surface area contributed by atoms with Crippen molar-refractivity contribution in [2.75, 3.05) is 20.1 Å². The third kappa shape index (κ3) is 4.53. The Hall–Kier alpha value is -4.28. The van der Waals surface area contributed by atoms with Crippen LogP contribution in [-0.2, 0) is 32.6 Å². The van der Waals surface area contributed by atoms with Crippen LogP contribution in [-0.4, -0.2) is 70.7 Å². The zero-order chi connectivity index (χ0) is 31.5. The van der Waals surface area contributed by atoms with E-state index in [-0.39, 0.29) is 29.7 Å². The van der Waals surface area contributed by atoms with E-state index in [2.05, 4.69) is 47.9 Å². The fourth-order valence-electron chi connectivity index (χ4n) is 8.80. The number of rotatable bonds is 5. The van der Waals surface area contributed by atoms with E-state index in [4.69, 9.17) is 9.47 Å². The second-order valence-electron chi connectivity index (χ2n) is 13.3. The van der Waals surface area contributed by atoms with Crippen molar-refractivity contribution in [2.45, 2.75) is 82.1 Å². The second kappa shape index (κ2) is 11.0. The minimum atomic E-state index is -0.851. The van der Waals surface area contributed by atoms with Crippen molar-refractivity contribution in [3.8, 4) is 23.3 Å². The van der Waals surface area contributed by atoms with Gasteiger partial charge in [-0.1, -0.05) is 48.4 Å². The summed E-state index contributed by atoms with van der Waals surface area (Å²) < 4.78 is 13.3. The molecule has 7 rings (SSSR count). The Bertz CT molecular complexity index is 1740. The van der Waals surface area contributed by atoms with Crippen LogP contribution in [0.1, 0.15) is 59.6 Å². The average Bonchev–Trinajstić information content (AvgIpc) is 3.38. The van der Waals surface area contributed by atoms with Gasteiger partial charge < -0.3 is 19.5 Å². The van der Waals surface area contributed by atoms with E-state index in [1.807, 2.05) is 37.3 Å². The molecule has 1 amide bonds. The van der Waals surface area contributed by atoms with Crippen LogP contribution >= 0.6 is 0 Å². The van der Waals surface area contributed by atoms with Crippen molar-refractivity contribution in [1.29, 1.82) is 0 Å². The largest absolute Gasteiger partial charge is 0.504 e. The number of benzene rings is 3. The number of nitrogens with zero attached hydrogens (tertiary/aromatic N) is 2. The quantitative estimate of drug-likeness (QED) is 0.331. The normalized spacial score (nSPS) is 27.4. The van der Waals surface area contributed by atoms with Crippen LogP contribution < -0.4 is 4.74 Å². The summed E-state index contributed by atoms with van der Waals surface area (Å²) in [5.41, 5.74) is 4.91. The highest BCUT2D eigenvalue weighted by atomic mass is 16.6. The third-order valence-corrected chi connectivity index (χ3v) is 11.0. The standard InChI is InChI=1S/C38H40N2O5/c1-24-10-11-28(22-25(24)2)12-15-33(43)39(4)30-16-18-38(45-26(3)41)32-23-29-13-14-31(42)35-34(29)37(38,36(30)44-35)19-21-40(32)20-17-27-8-6-5-7-9-27/h5-11,13-14,22,30,32,36,42H,16-21,23H2,1-4H3/t30-,32-,36+,37+,38-/m1/s1. The number of aromatic hydroxyl groups is 1. The third-order valence-electron chi connectivity index (χ3n) is 11.0. The molecule has 0 radical (unpaired) electrons. The molecule has 2 fully saturated rings. The molecule has 1 spiro atoms. The molecule has 7 heteroatoms. The van der Waals surface area contributed by atoms with Gasteiger partial charge >= 0.3 is 5.97 Å². The first-order valence-electron chi connectivity index (χ1n) is 16.0. The molecule has 0 unspecified atom stereocenters. The SMILES string of the molecule is CC(=O)O[C@@]12CC[C@@H](N(C)C(=O)C#Cc3ccc(C)c(C)c3)[C@@H]3Oc4c(O)ccc5c4[C@@]31CCN(CCc1ccccc1)[C@@H]2C5. The number of piperidine rings is 1. The first-order valence-corrected chi connectivity index (χ1v) is 16.0. The van der Waals surface area contributed by atoms with Crippen LogP contribution in [0.15, 0.2) is 60.7 Å². The number of hydrogen-bond acceptors (Lipinski definition) is 6. The lowest BCUT2D eigenvalue weighted by Gasteiger charge is -2.65. The van der Waals surface area contributed by atoms with E-state index >= 15 is 0 Å². The Kier molecular flexibility index (Phi) is 7.17. The molecule has 1 saturated carbocycles. The van der Waals surface area contributed by atoms with Crippen molar-refractivity contribution >= 4 is 11.9 Å². The molecule has 5 atom stereocenters. The number of phenols is 1. The van der Waals surface area contributed by atoms with Crippen LogP contribution in [0, 0.1) is 25.7 Å². The molecule has 2 heterocycles. The summed E-state index contributed by atoms with van der Waals surface area (Å²) in [4.78, 5) is 30.8. The molecule has 7 nitrogen and oxygen atoms in total. The highest BCUT2D eigenvalue weighted by Crippen LogP contribution is 2.67. The molecule has 2 bridgehead atoms. The van der Waals surface area contributed by atoms with Crippen LogP contribution in [0.3, 0.4) is 0 Å². The van der Waals surface area contributed by atoms with Crippen LogP contribution in [0.4, 0.5) is 0 Å². The lowest BCUT2D eigenvalue weighted by molar-refractivity contribution is -0.223. The number of likely N-dealkylation sites (N-methyl/N-ethyl adjacent to an activating group) is 1. The average molecular weight is 605 g/mol. The number of esters is 1. The van der Waals surface area contributed by atoms with Crippen molar-refractivity contribution in [1.82, 2.24) is 9.80 Å². The first kappa shape index (κ1) is 29.4. The minimum Gasteiger partial charge on any atom is -0.504 e. The molecule has 0 aromatic heterocycles. The number of likely N-dealkylation sites (tertiary alicyclic amines) is 1. The van der Waals surface area contributed by atoms with Crippen molar-refractivity contribution in [3.63, 3.8) is 0 Å². The fourth-order valence-corrected chi connectivity index (χ4v) is 8.80. The molecule has 2 aliphatic heterocycles. The van der Waals surface area contributed by atoms with E-state index in [1.165, 1.54) is 18.1 Å². The highest BCUT2D eigenvalue weighted by molar-refractivity contribution is 5.94. The molecule has 3 aromatic carbocycles. The molecular formula is C38H40N2O5. The van der Waals surface area contributed by atoms with E-state index in [0.29, 0.717) is 31.4 Å². The number of carbonyl (C=O) groups excluding carboxylic acids is 2. The molecule has 4 aliphatic rings. The van der Waals surface area contributed by atoms with Gasteiger partial charge in [0.25, 0.3) is 5.91 Å². The molecule has 1 N–H and O–H groups in total. The Morgan fingerprint density at radius 2 is 1.89 bits per heavy atom. The fraction of sp³-hybridized carbons (Fsp3) is 0.421. The van der Waals surface area contributed by atoms with Gasteiger partial charge in [-0.05, 0) is 92.9 Å². The summed E-state index contributed by atoms with van der Waals surface area (Å²) in [6, 6.07) is 19.8. The number of ether oxygens (including phenoxy) is 2. The maximum absolute atomic E-state index is 13.6. The summed E-state index contributed by atoms with van der Waals surface area (Å²) in [6.45, 7) is 7.22. The number of aryl methyl sites for hydroxylation is 2. The Morgan fingerprint density at radius 1 is 1.09 bits per heavy atom. The predicted octanol–water partition coefficient (Wildman–Crippen LogP) is 4.86. The predicted molar refractivity (Wildman–Crippen MR) is 171 cm³/mol. The molecule has 45 heavy (non-hydrogen) atoms. The van der Waals surface area contributed by atoms with Crippen molar-refractivity contribution in [2.24, 2.45) is 0 Å². The number of phenolic OH excluding ortho intramolecular Hbond substituents is 1. The van der Waals surface area contributed by atoms with E-state index < -0.39 is 17.1 Å². The van der Waals surface area contributed by atoms with Gasteiger partial charge in [-0.2, -0.15) is 0 Å². The maximum atomic E-state index is 13.6. The number of carbonyl (C=O) groups is 2. The lowest BCUT2D eigenvalue weighted by atomic mass is 9.48. The van der Waals surface area contributed by atoms with Gasteiger partial charge in [0, 0.05) is 37.6 Å². The van der Waals surface area contributed by atoms with Crippen LogP contribution in [0.5, 0.6) is 11.5 Å². The van der Waals surface area contributed by atoms with Crippen LogP contribution in [0.25, 0.3) is 0 Å². The highest BCUT2D eigenvalue weighted by Gasteiger charge is 2.75. The number of hydrogen-bond donors (Lipinski definition) is 1. The summed E-state index contributed by atoms with van der Waals surface area (Å²) >= 11 is 0. The molecular weight excluding hydrogens is 564 g/mol. The Balaban J connectivity index is 1.27. The number of amides is 1. The van der Waals surface area contributed by atoms with Gasteiger partial charge in [0.1, 0.15) is 11.7 Å². The van der Waals surface area contributed by atoms with E-state index in [0.717, 1.165) is 41.8 Å². The van der Waals surface area contributed by atoms with Gasteiger partial charge in [0.2, 0.25) is 0 Å². The van der Waals surface area contributed by atoms with Crippen molar-refractivity contribution in [3.05, 3.63) is 94.0 Å². The maximum Gasteiger partial charge on any atom is 0.303 e. The summed E-state index contributed by atoms with van der Waals surface area (Å²) in [6.07, 6.45) is 2.95. The van der Waals surface area contributed by atoms with Crippen LogP contribution in [0.2, 0.25) is 0 Å². The summed E-state index contributed by atoms with van der Waals surface area (Å²) in [7, 11) is 1.79. The zero-order valence-corrected chi connectivity index (χ0v) is 26.4. The second-order valence-corrected chi connectivity index (χ2v) is 13.3. The summed E-state index contributed by atoms with van der Waals surface area (Å²) in [5, 5.41) is 11.1. The van der Waals surface area contributed by atoms with Crippen molar-refractivity contribution < 1.29 is 24.2 Å². The minimum absolute atomic E-state index is 0.0560. The van der Waals surface area contributed by atoms with Gasteiger partial charge in [-0.15, -0.1) is 0 Å². The smallest absolute Gasteiger partial charge is 0.303 e. The lowest BCUT2D eigenvalue weighted by Crippen LogP contribution is -2.79. The monoisotopic (exact) mass is 604 g/mol. The summed E-state index contributed by atoms with van der Waals surface area (Å²) in [5.74, 6) is 5.88.